The maximum Gasteiger partial charge on any atom is 0.0863 e. The molecule has 2 rings (SSSR count). The van der Waals surface area contributed by atoms with Crippen molar-refractivity contribution in [1.82, 2.24) is 4.98 Å². The molecule has 1 aliphatic heterocycles. The summed E-state index contributed by atoms with van der Waals surface area (Å²) in [5.41, 5.74) is 1.28. The summed E-state index contributed by atoms with van der Waals surface area (Å²) in [5.74, 6) is 0. The zero-order chi connectivity index (χ0) is 13.6. The third-order valence-corrected chi connectivity index (χ3v) is 3.36. The van der Waals surface area contributed by atoms with Crippen LogP contribution in [-0.2, 0) is 4.74 Å². The van der Waals surface area contributed by atoms with Gasteiger partial charge in [-0.25, -0.2) is 0 Å². The Bertz CT molecular complexity index is 392. The Hall–Kier alpha value is -1.33. The van der Waals surface area contributed by atoms with Gasteiger partial charge in [0.15, 0.2) is 0 Å². The highest BCUT2D eigenvalue weighted by atomic mass is 16.5. The van der Waals surface area contributed by atoms with Crippen molar-refractivity contribution in [2.24, 2.45) is 0 Å². The first-order valence-corrected chi connectivity index (χ1v) is 6.95. The Morgan fingerprint density at radius 1 is 1.26 bits per heavy atom. The topological polar surface area (TPSA) is 66.4 Å². The number of pyridine rings is 1. The van der Waals surface area contributed by atoms with Gasteiger partial charge in [-0.15, -0.1) is 0 Å². The van der Waals surface area contributed by atoms with Crippen LogP contribution in [0.3, 0.4) is 0 Å². The van der Waals surface area contributed by atoms with Crippen LogP contribution in [0.5, 0.6) is 0 Å². The molecule has 0 aliphatic carbocycles. The van der Waals surface area contributed by atoms with E-state index in [4.69, 9.17) is 4.74 Å². The van der Waals surface area contributed by atoms with Crippen LogP contribution in [0.4, 0.5) is 11.4 Å². The highest BCUT2D eigenvalue weighted by Crippen LogP contribution is 2.21. The van der Waals surface area contributed by atoms with Crippen LogP contribution in [-0.4, -0.2) is 42.0 Å². The van der Waals surface area contributed by atoms with E-state index in [0.29, 0.717) is 32.6 Å². The molecule has 1 saturated heterocycles. The first-order valence-electron chi connectivity index (χ1n) is 6.95. The van der Waals surface area contributed by atoms with Crippen LogP contribution in [0.2, 0.25) is 0 Å². The smallest absolute Gasteiger partial charge is 0.0863 e. The average Bonchev–Trinajstić information content (AvgIpc) is 2.44. The Kier molecular flexibility index (Phi) is 4.99. The second-order valence-electron chi connectivity index (χ2n) is 5.08. The molecular formula is C14H23N3O2. The first-order chi connectivity index (χ1) is 9.22. The van der Waals surface area contributed by atoms with Crippen molar-refractivity contribution in [2.75, 3.05) is 36.9 Å². The lowest BCUT2D eigenvalue weighted by atomic mass is 9.94. The molecule has 3 N–H and O–H groups in total. The predicted octanol–water partition coefficient (Wildman–Crippen LogP) is 1.86. The molecule has 2 heterocycles. The van der Waals surface area contributed by atoms with Crippen molar-refractivity contribution < 1.29 is 9.84 Å². The molecule has 0 aromatic carbocycles. The summed E-state index contributed by atoms with van der Waals surface area (Å²) in [6.45, 7) is 4.87. The third-order valence-electron chi connectivity index (χ3n) is 3.36. The molecule has 0 unspecified atom stereocenters. The predicted molar refractivity (Wildman–Crippen MR) is 76.5 cm³/mol. The Morgan fingerprint density at radius 3 is 2.63 bits per heavy atom. The van der Waals surface area contributed by atoms with E-state index in [0.717, 1.165) is 24.3 Å². The molecule has 19 heavy (non-hydrogen) atoms. The highest BCUT2D eigenvalue weighted by molar-refractivity contribution is 5.54. The van der Waals surface area contributed by atoms with Gasteiger partial charge in [0, 0.05) is 39.1 Å². The fourth-order valence-corrected chi connectivity index (χ4v) is 2.10. The molecular weight excluding hydrogens is 242 g/mol. The third kappa shape index (κ3) is 4.36. The Labute approximate surface area is 114 Å². The second-order valence-corrected chi connectivity index (χ2v) is 5.08. The maximum absolute atomic E-state index is 10.4. The SMILES string of the molecule is CCCNc1cncc(NCC2(O)CCOCC2)c1. The van der Waals surface area contributed by atoms with E-state index in [-0.39, 0.29) is 0 Å². The average molecular weight is 265 g/mol. The molecule has 1 fully saturated rings. The van der Waals surface area contributed by atoms with Crippen LogP contribution in [0, 0.1) is 0 Å². The van der Waals surface area contributed by atoms with E-state index in [1.165, 1.54) is 0 Å². The zero-order valence-electron chi connectivity index (χ0n) is 11.5. The van der Waals surface area contributed by atoms with E-state index in [2.05, 4.69) is 22.5 Å². The molecule has 1 aromatic rings. The van der Waals surface area contributed by atoms with Crippen molar-refractivity contribution in [3.63, 3.8) is 0 Å². The molecule has 0 bridgehead atoms. The molecule has 1 aromatic heterocycles. The molecule has 0 saturated carbocycles. The summed E-state index contributed by atoms with van der Waals surface area (Å²) < 4.78 is 5.27. The molecule has 5 heteroatoms. The summed E-state index contributed by atoms with van der Waals surface area (Å²) in [5, 5.41) is 16.9. The Morgan fingerprint density at radius 2 is 1.95 bits per heavy atom. The van der Waals surface area contributed by atoms with Gasteiger partial charge < -0.3 is 20.5 Å². The maximum atomic E-state index is 10.4. The summed E-state index contributed by atoms with van der Waals surface area (Å²) in [6, 6.07) is 2.02. The van der Waals surface area contributed by atoms with Gasteiger partial charge in [0.25, 0.3) is 0 Å². The molecule has 0 amide bonds. The number of nitrogens with one attached hydrogen (secondary N) is 2. The van der Waals surface area contributed by atoms with E-state index in [1.807, 2.05) is 12.3 Å². The van der Waals surface area contributed by atoms with Gasteiger partial charge in [-0.3, -0.25) is 4.98 Å². The lowest BCUT2D eigenvalue weighted by molar-refractivity contribution is -0.0543. The largest absolute Gasteiger partial charge is 0.388 e. The Balaban J connectivity index is 1.88. The monoisotopic (exact) mass is 265 g/mol. The van der Waals surface area contributed by atoms with Crippen LogP contribution >= 0.6 is 0 Å². The fraction of sp³-hybridized carbons (Fsp3) is 0.643. The number of aliphatic hydroxyl groups is 1. The summed E-state index contributed by atoms with van der Waals surface area (Å²) in [7, 11) is 0. The van der Waals surface area contributed by atoms with Gasteiger partial charge in [0.05, 0.1) is 29.4 Å². The van der Waals surface area contributed by atoms with Gasteiger partial charge in [-0.1, -0.05) is 6.92 Å². The highest BCUT2D eigenvalue weighted by Gasteiger charge is 2.29. The minimum atomic E-state index is -0.662. The summed E-state index contributed by atoms with van der Waals surface area (Å²) in [6.07, 6.45) is 6.03. The van der Waals surface area contributed by atoms with Crippen molar-refractivity contribution >= 4 is 11.4 Å². The van der Waals surface area contributed by atoms with Crippen LogP contribution in [0.1, 0.15) is 26.2 Å². The van der Waals surface area contributed by atoms with Crippen molar-refractivity contribution in [2.45, 2.75) is 31.8 Å². The number of hydrogen-bond donors (Lipinski definition) is 3. The van der Waals surface area contributed by atoms with Crippen molar-refractivity contribution in [1.29, 1.82) is 0 Å². The van der Waals surface area contributed by atoms with Crippen molar-refractivity contribution in [3.05, 3.63) is 18.5 Å². The van der Waals surface area contributed by atoms with Gasteiger partial charge in [-0.05, 0) is 12.5 Å². The molecule has 5 nitrogen and oxygen atoms in total. The number of nitrogens with zero attached hydrogens (tertiary/aromatic N) is 1. The first kappa shape index (κ1) is 14.1. The van der Waals surface area contributed by atoms with Gasteiger partial charge in [0.1, 0.15) is 0 Å². The number of rotatable bonds is 6. The quantitative estimate of drug-likeness (QED) is 0.732. The second kappa shape index (κ2) is 6.73. The number of anilines is 2. The summed E-state index contributed by atoms with van der Waals surface area (Å²) in [4.78, 5) is 4.19. The molecule has 0 spiro atoms. The van der Waals surface area contributed by atoms with Gasteiger partial charge in [-0.2, -0.15) is 0 Å². The minimum absolute atomic E-state index is 0.537. The summed E-state index contributed by atoms with van der Waals surface area (Å²) >= 11 is 0. The van der Waals surface area contributed by atoms with E-state index >= 15 is 0 Å². The van der Waals surface area contributed by atoms with Crippen molar-refractivity contribution in [3.8, 4) is 0 Å². The normalized spacial score (nSPS) is 18.0. The molecule has 0 radical (unpaired) electrons. The van der Waals surface area contributed by atoms with Crippen LogP contribution < -0.4 is 10.6 Å². The number of ether oxygens (including phenoxy) is 1. The van der Waals surface area contributed by atoms with E-state index in [1.54, 1.807) is 6.20 Å². The van der Waals surface area contributed by atoms with Gasteiger partial charge >= 0.3 is 0 Å². The van der Waals surface area contributed by atoms with E-state index < -0.39 is 5.60 Å². The minimum Gasteiger partial charge on any atom is -0.388 e. The van der Waals surface area contributed by atoms with E-state index in [9.17, 15) is 5.11 Å². The molecule has 106 valence electrons. The standard InChI is InChI=1S/C14H23N3O2/c1-2-5-16-12-8-13(10-15-9-12)17-11-14(18)3-6-19-7-4-14/h8-10,16-18H,2-7,11H2,1H3. The lowest BCUT2D eigenvalue weighted by Gasteiger charge is -2.32. The van der Waals surface area contributed by atoms with Gasteiger partial charge in [0.2, 0.25) is 0 Å². The zero-order valence-corrected chi connectivity index (χ0v) is 11.5. The lowest BCUT2D eigenvalue weighted by Crippen LogP contribution is -2.42. The number of hydrogen-bond acceptors (Lipinski definition) is 5. The number of aromatic nitrogens is 1. The molecule has 1 aliphatic rings. The molecule has 0 atom stereocenters. The fourth-order valence-electron chi connectivity index (χ4n) is 2.10. The van der Waals surface area contributed by atoms with Crippen LogP contribution in [0.25, 0.3) is 0 Å². The van der Waals surface area contributed by atoms with Crippen LogP contribution in [0.15, 0.2) is 18.5 Å².